The maximum atomic E-state index is 11.8. The Balaban J connectivity index is 2.50. The summed E-state index contributed by atoms with van der Waals surface area (Å²) in [6, 6.07) is -0.333. The van der Waals surface area contributed by atoms with Crippen LogP contribution >= 0.6 is 23.4 Å². The van der Waals surface area contributed by atoms with Crippen LogP contribution in [0.5, 0.6) is 0 Å². The second kappa shape index (κ2) is 5.96. The van der Waals surface area contributed by atoms with Crippen molar-refractivity contribution in [2.75, 3.05) is 18.8 Å². The Morgan fingerprint density at radius 2 is 2.06 bits per heavy atom. The van der Waals surface area contributed by atoms with Gasteiger partial charge in [0.1, 0.15) is 5.38 Å². The number of nitrogens with zero attached hydrogens (tertiary/aromatic N) is 1. The molecule has 3 amide bonds. The monoisotopic (exact) mass is 278 g/mol. The number of carbonyl (C=O) groups is 2. The number of urea groups is 1. The van der Waals surface area contributed by atoms with Gasteiger partial charge in [-0.2, -0.15) is 11.8 Å². The number of hydrogen-bond acceptors (Lipinski definition) is 3. The Labute approximate surface area is 111 Å². The van der Waals surface area contributed by atoms with E-state index in [0.717, 1.165) is 12.2 Å². The first-order valence-corrected chi connectivity index (χ1v) is 7.12. The Hall–Kier alpha value is -0.420. The molecule has 1 atom stereocenters. The largest absolute Gasteiger partial charge is 0.324 e. The second-order valence-corrected chi connectivity index (χ2v) is 7.21. The zero-order valence-corrected chi connectivity index (χ0v) is 12.0. The lowest BCUT2D eigenvalue weighted by Gasteiger charge is -2.22. The molecule has 0 saturated carbocycles. The quantitative estimate of drug-likeness (QED) is 0.747. The van der Waals surface area contributed by atoms with Crippen LogP contribution in [0.15, 0.2) is 0 Å². The highest BCUT2D eigenvalue weighted by Gasteiger charge is 2.26. The van der Waals surface area contributed by atoms with Gasteiger partial charge in [0, 0.05) is 23.6 Å². The average Bonchev–Trinajstić information content (AvgIpc) is 2.39. The first-order valence-electron chi connectivity index (χ1n) is 5.69. The lowest BCUT2D eigenvalue weighted by Crippen LogP contribution is -2.45. The molecule has 4 nitrogen and oxygen atoms in total. The van der Waals surface area contributed by atoms with Crippen LogP contribution in [0.1, 0.15) is 27.2 Å². The van der Waals surface area contributed by atoms with Crippen molar-refractivity contribution in [1.82, 2.24) is 10.2 Å². The summed E-state index contributed by atoms with van der Waals surface area (Å²) in [7, 11) is 0. The van der Waals surface area contributed by atoms with E-state index in [4.69, 9.17) is 11.6 Å². The number of alkyl halides is 1. The summed E-state index contributed by atoms with van der Waals surface area (Å²) >= 11 is 7.46. The van der Waals surface area contributed by atoms with E-state index in [1.54, 1.807) is 11.8 Å². The second-order valence-electron chi connectivity index (χ2n) is 4.76. The van der Waals surface area contributed by atoms with Crippen molar-refractivity contribution in [3.8, 4) is 0 Å². The van der Waals surface area contributed by atoms with Crippen molar-refractivity contribution in [1.29, 1.82) is 0 Å². The minimum atomic E-state index is -0.684. The van der Waals surface area contributed by atoms with Gasteiger partial charge in [0.15, 0.2) is 0 Å². The van der Waals surface area contributed by atoms with Crippen LogP contribution in [-0.2, 0) is 4.79 Å². The first-order chi connectivity index (χ1) is 7.82. The lowest BCUT2D eigenvalue weighted by molar-refractivity contribution is -0.119. The van der Waals surface area contributed by atoms with Gasteiger partial charge in [-0.15, -0.1) is 11.6 Å². The van der Waals surface area contributed by atoms with Crippen LogP contribution < -0.4 is 5.32 Å². The number of nitrogens with one attached hydrogen (secondary N) is 1. The van der Waals surface area contributed by atoms with Crippen molar-refractivity contribution >= 4 is 35.3 Å². The van der Waals surface area contributed by atoms with Crippen molar-refractivity contribution in [3.63, 3.8) is 0 Å². The molecule has 1 aliphatic heterocycles. The number of hydrogen-bond donors (Lipinski definition) is 1. The number of amides is 3. The summed E-state index contributed by atoms with van der Waals surface area (Å²) in [5.41, 5.74) is 0. The molecule has 1 N–H and O–H groups in total. The molecule has 1 fully saturated rings. The van der Waals surface area contributed by atoms with Crippen molar-refractivity contribution in [3.05, 3.63) is 0 Å². The van der Waals surface area contributed by atoms with Crippen molar-refractivity contribution in [2.24, 2.45) is 0 Å². The Morgan fingerprint density at radius 1 is 1.41 bits per heavy atom. The molecule has 0 radical (unpaired) electrons. The van der Waals surface area contributed by atoms with Crippen molar-refractivity contribution < 1.29 is 9.59 Å². The van der Waals surface area contributed by atoms with Gasteiger partial charge in [0.05, 0.1) is 0 Å². The number of rotatable bonds is 1. The highest BCUT2D eigenvalue weighted by Crippen LogP contribution is 2.30. The standard InChI is InChI=1S/C11H19ClN2O2S/c1-8(12)9(15)13-10(16)14-5-4-11(2,3)17-7-6-14/h8H,4-7H2,1-3H3,(H,13,15,16). The molecule has 98 valence electrons. The minimum absolute atomic E-state index is 0.193. The fourth-order valence-electron chi connectivity index (χ4n) is 1.51. The number of carbonyl (C=O) groups excluding carboxylic acids is 2. The highest BCUT2D eigenvalue weighted by atomic mass is 35.5. The molecule has 0 aliphatic carbocycles. The van der Waals surface area contributed by atoms with E-state index in [0.29, 0.717) is 13.1 Å². The summed E-state index contributed by atoms with van der Waals surface area (Å²) in [5.74, 6) is 0.457. The highest BCUT2D eigenvalue weighted by molar-refractivity contribution is 8.00. The summed E-state index contributed by atoms with van der Waals surface area (Å²) < 4.78 is 0.193. The smallest absolute Gasteiger partial charge is 0.324 e. The third-order valence-electron chi connectivity index (χ3n) is 2.72. The first kappa shape index (κ1) is 14.6. The molecule has 0 bridgehead atoms. The maximum Gasteiger partial charge on any atom is 0.324 e. The molecular formula is C11H19ClN2O2S. The number of thioether (sulfide) groups is 1. The van der Waals surface area contributed by atoms with Crippen LogP contribution in [0.3, 0.4) is 0 Å². The maximum absolute atomic E-state index is 11.8. The molecule has 1 heterocycles. The molecular weight excluding hydrogens is 260 g/mol. The fourth-order valence-corrected chi connectivity index (χ4v) is 2.66. The van der Waals surface area contributed by atoms with Crippen LogP contribution in [0.2, 0.25) is 0 Å². The van der Waals surface area contributed by atoms with Gasteiger partial charge in [-0.25, -0.2) is 4.79 Å². The van der Waals surface area contributed by atoms with Gasteiger partial charge < -0.3 is 4.90 Å². The summed E-state index contributed by atoms with van der Waals surface area (Å²) in [6.07, 6.45) is 0.926. The summed E-state index contributed by atoms with van der Waals surface area (Å²) in [5, 5.41) is 1.63. The average molecular weight is 279 g/mol. The zero-order valence-electron chi connectivity index (χ0n) is 10.5. The number of halogens is 1. The van der Waals surface area contributed by atoms with Gasteiger partial charge >= 0.3 is 6.03 Å². The normalized spacial score (nSPS) is 21.5. The van der Waals surface area contributed by atoms with Gasteiger partial charge in [-0.3, -0.25) is 10.1 Å². The SMILES string of the molecule is CC(Cl)C(=O)NC(=O)N1CCSC(C)(C)CC1. The topological polar surface area (TPSA) is 49.4 Å². The molecule has 1 unspecified atom stereocenters. The molecule has 0 aromatic heterocycles. The van der Waals surface area contributed by atoms with E-state index >= 15 is 0 Å². The van der Waals surface area contributed by atoms with Crippen LogP contribution in [-0.4, -0.2) is 45.8 Å². The van der Waals surface area contributed by atoms with Crippen LogP contribution in [0.4, 0.5) is 4.79 Å². The molecule has 0 spiro atoms. The zero-order chi connectivity index (χ0) is 13.1. The number of imide groups is 1. The summed E-state index contributed by atoms with van der Waals surface area (Å²) in [4.78, 5) is 24.8. The van der Waals surface area contributed by atoms with Crippen LogP contribution in [0.25, 0.3) is 0 Å². The van der Waals surface area contributed by atoms with Gasteiger partial charge in [0.2, 0.25) is 5.91 Å². The van der Waals surface area contributed by atoms with Crippen LogP contribution in [0, 0.1) is 0 Å². The van der Waals surface area contributed by atoms with E-state index < -0.39 is 11.3 Å². The fraction of sp³-hybridized carbons (Fsp3) is 0.818. The Bertz CT molecular complexity index is 308. The minimum Gasteiger partial charge on any atom is -0.324 e. The molecule has 0 aromatic rings. The molecule has 6 heteroatoms. The molecule has 1 rings (SSSR count). The Kier molecular flexibility index (Phi) is 5.13. The molecule has 0 aromatic carbocycles. The van der Waals surface area contributed by atoms with E-state index in [2.05, 4.69) is 19.2 Å². The molecule has 1 saturated heterocycles. The third-order valence-corrected chi connectivity index (χ3v) is 4.29. The predicted octanol–water partition coefficient (Wildman–Crippen LogP) is 2.07. The van der Waals surface area contributed by atoms with Gasteiger partial charge in [-0.1, -0.05) is 13.8 Å². The van der Waals surface area contributed by atoms with Gasteiger partial charge in [0.25, 0.3) is 0 Å². The third kappa shape index (κ3) is 4.76. The van der Waals surface area contributed by atoms with Gasteiger partial charge in [-0.05, 0) is 13.3 Å². The van der Waals surface area contributed by atoms with E-state index in [-0.39, 0.29) is 10.8 Å². The predicted molar refractivity (Wildman–Crippen MR) is 71.6 cm³/mol. The molecule has 17 heavy (non-hydrogen) atoms. The van der Waals surface area contributed by atoms with Crippen molar-refractivity contribution in [2.45, 2.75) is 37.3 Å². The summed E-state index contributed by atoms with van der Waals surface area (Å²) in [6.45, 7) is 7.24. The van der Waals surface area contributed by atoms with E-state index in [9.17, 15) is 9.59 Å². The molecule has 1 aliphatic rings. The Morgan fingerprint density at radius 3 is 2.65 bits per heavy atom. The van der Waals surface area contributed by atoms with E-state index in [1.807, 2.05) is 11.8 Å². The van der Waals surface area contributed by atoms with E-state index in [1.165, 1.54) is 0 Å². The lowest BCUT2D eigenvalue weighted by atomic mass is 10.1.